The van der Waals surface area contributed by atoms with Crippen LogP contribution in [0.1, 0.15) is 37.0 Å². The second-order valence-electron chi connectivity index (χ2n) is 6.86. The fourth-order valence-electron chi connectivity index (χ4n) is 2.55. The number of halogens is 4. The van der Waals surface area contributed by atoms with Gasteiger partial charge in [0, 0.05) is 32.6 Å². The van der Waals surface area contributed by atoms with E-state index < -0.39 is 27.8 Å². The van der Waals surface area contributed by atoms with E-state index in [1.54, 1.807) is 38.1 Å². The van der Waals surface area contributed by atoms with Gasteiger partial charge in [0.25, 0.3) is 0 Å². The summed E-state index contributed by atoms with van der Waals surface area (Å²) >= 11 is 5.29. The largest absolute Gasteiger partial charge is 0.598 e. The monoisotopic (exact) mass is 451 g/mol. The maximum absolute atomic E-state index is 13.7. The maximum Gasteiger partial charge on any atom is 0.417 e. The van der Waals surface area contributed by atoms with Crippen LogP contribution in [0.15, 0.2) is 46.2 Å². The molecule has 0 saturated heterocycles. The van der Waals surface area contributed by atoms with Crippen molar-refractivity contribution in [3.05, 3.63) is 58.1 Å². The first-order valence-electron chi connectivity index (χ1n) is 8.38. The molecule has 9 heteroatoms. The molecule has 0 saturated carbocycles. The number of aliphatic hydroxyl groups is 1. The van der Waals surface area contributed by atoms with E-state index in [0.29, 0.717) is 22.4 Å². The van der Waals surface area contributed by atoms with Crippen LogP contribution in [0.2, 0.25) is 5.02 Å². The van der Waals surface area contributed by atoms with E-state index >= 15 is 0 Å². The molecule has 0 aliphatic carbocycles. The van der Waals surface area contributed by atoms with E-state index in [0.717, 1.165) is 17.8 Å². The van der Waals surface area contributed by atoms with Gasteiger partial charge < -0.3 is 9.66 Å². The first kappa shape index (κ1) is 23.4. The van der Waals surface area contributed by atoms with Crippen molar-refractivity contribution in [3.63, 3.8) is 0 Å². The Morgan fingerprint density at radius 2 is 1.82 bits per heavy atom. The molecule has 0 radical (unpaired) electrons. The molecule has 0 amide bonds. The van der Waals surface area contributed by atoms with Crippen LogP contribution in [-0.2, 0) is 30.6 Å². The molecule has 0 aliphatic heterocycles. The molecular formula is C19H21ClF3NO2S2. The highest BCUT2D eigenvalue weighted by molar-refractivity contribution is 7.99. The van der Waals surface area contributed by atoms with Crippen LogP contribution < -0.4 is 5.14 Å². The van der Waals surface area contributed by atoms with Crippen LogP contribution in [0.5, 0.6) is 0 Å². The predicted octanol–water partition coefficient (Wildman–Crippen LogP) is 5.34. The standard InChI is InChI=1S/C19H21ClF3NO2S2/c1-18(2,28(24)26)8-7-12-9-14(20)10-15(19(21,22)23)17(12)27-16-6-4-3-5-13(16)11-25/h3-6,9-10,25H,7-8,11,24H2,1-2H3. The van der Waals surface area contributed by atoms with E-state index in [-0.39, 0.29) is 22.9 Å². The van der Waals surface area contributed by atoms with Crippen molar-refractivity contribution in [1.82, 2.24) is 0 Å². The number of hydrogen-bond donors (Lipinski definition) is 2. The van der Waals surface area contributed by atoms with Crippen molar-refractivity contribution >= 4 is 34.7 Å². The van der Waals surface area contributed by atoms with Crippen molar-refractivity contribution in [3.8, 4) is 0 Å². The van der Waals surface area contributed by atoms with Gasteiger partial charge >= 0.3 is 6.18 Å². The van der Waals surface area contributed by atoms with Gasteiger partial charge in [0.2, 0.25) is 0 Å². The number of alkyl halides is 3. The number of benzene rings is 2. The molecule has 0 bridgehead atoms. The summed E-state index contributed by atoms with van der Waals surface area (Å²) in [6.45, 7) is 3.12. The maximum atomic E-state index is 13.7. The Balaban J connectivity index is 2.53. The number of nitrogens with two attached hydrogens (primary N) is 1. The fourth-order valence-corrected chi connectivity index (χ4v) is 4.30. The van der Waals surface area contributed by atoms with Crippen molar-refractivity contribution in [1.29, 1.82) is 0 Å². The van der Waals surface area contributed by atoms with Gasteiger partial charge in [-0.1, -0.05) is 41.6 Å². The second-order valence-corrected chi connectivity index (χ2v) is 10.1. The lowest BCUT2D eigenvalue weighted by atomic mass is 10.00. The minimum atomic E-state index is -4.59. The lowest BCUT2D eigenvalue weighted by Crippen LogP contribution is -2.38. The molecule has 2 rings (SSSR count). The Morgan fingerprint density at radius 3 is 2.39 bits per heavy atom. The molecule has 154 valence electrons. The normalized spacial score (nSPS) is 13.6. The van der Waals surface area contributed by atoms with Gasteiger partial charge in [-0.15, -0.1) is 0 Å². The molecule has 28 heavy (non-hydrogen) atoms. The van der Waals surface area contributed by atoms with E-state index in [1.165, 1.54) is 6.07 Å². The van der Waals surface area contributed by atoms with Crippen LogP contribution >= 0.6 is 23.4 Å². The van der Waals surface area contributed by atoms with Crippen LogP contribution in [0.4, 0.5) is 13.2 Å². The van der Waals surface area contributed by atoms with Crippen molar-refractivity contribution in [2.75, 3.05) is 0 Å². The first-order chi connectivity index (χ1) is 13.0. The van der Waals surface area contributed by atoms with Gasteiger partial charge in [-0.25, -0.2) is 0 Å². The van der Waals surface area contributed by atoms with E-state index in [2.05, 4.69) is 0 Å². The summed E-state index contributed by atoms with van der Waals surface area (Å²) < 4.78 is 52.0. The third kappa shape index (κ3) is 5.81. The lowest BCUT2D eigenvalue weighted by Gasteiger charge is -2.25. The zero-order valence-electron chi connectivity index (χ0n) is 15.3. The first-order valence-corrected chi connectivity index (χ1v) is 10.8. The van der Waals surface area contributed by atoms with E-state index in [9.17, 15) is 22.8 Å². The van der Waals surface area contributed by atoms with Gasteiger partial charge in [-0.3, -0.25) is 0 Å². The zero-order valence-corrected chi connectivity index (χ0v) is 17.7. The molecule has 3 nitrogen and oxygen atoms in total. The summed E-state index contributed by atoms with van der Waals surface area (Å²) in [7, 11) is 0. The summed E-state index contributed by atoms with van der Waals surface area (Å²) in [4.78, 5) is 0.553. The Morgan fingerprint density at radius 1 is 1.18 bits per heavy atom. The molecule has 0 spiro atoms. The van der Waals surface area contributed by atoms with Gasteiger partial charge in [0.1, 0.15) is 4.75 Å². The quantitative estimate of drug-likeness (QED) is 0.558. The van der Waals surface area contributed by atoms with Crippen molar-refractivity contribution < 1.29 is 22.8 Å². The van der Waals surface area contributed by atoms with Gasteiger partial charge in [0.05, 0.1) is 12.2 Å². The molecular weight excluding hydrogens is 431 g/mol. The molecule has 2 aromatic carbocycles. The third-order valence-electron chi connectivity index (χ3n) is 4.33. The molecule has 0 aromatic heterocycles. The average Bonchev–Trinajstić information content (AvgIpc) is 2.60. The van der Waals surface area contributed by atoms with Crippen LogP contribution in [-0.4, -0.2) is 14.4 Å². The fraction of sp³-hybridized carbons (Fsp3) is 0.368. The number of aryl methyl sites for hydroxylation is 1. The topological polar surface area (TPSA) is 69.3 Å². The Kier molecular flexibility index (Phi) is 7.75. The summed E-state index contributed by atoms with van der Waals surface area (Å²) in [5.41, 5.74) is 0.0976. The van der Waals surface area contributed by atoms with E-state index in [4.69, 9.17) is 16.7 Å². The second kappa shape index (κ2) is 9.28. The molecule has 0 heterocycles. The van der Waals surface area contributed by atoms with Gasteiger partial charge in [-0.05, 0) is 49.6 Å². The Bertz CT molecular complexity index is 829. The van der Waals surface area contributed by atoms with Crippen molar-refractivity contribution in [2.45, 2.75) is 54.0 Å². The SMILES string of the molecule is CC(C)(CCc1cc(Cl)cc(C(F)(F)F)c1Sc1ccccc1CO)[S+](N)[O-]. The molecule has 3 N–H and O–H groups in total. The molecule has 1 atom stereocenters. The minimum Gasteiger partial charge on any atom is -0.598 e. The van der Waals surface area contributed by atoms with Crippen LogP contribution in [0, 0.1) is 0 Å². The van der Waals surface area contributed by atoms with Gasteiger partial charge in [-0.2, -0.15) is 18.3 Å². The van der Waals surface area contributed by atoms with Crippen molar-refractivity contribution in [2.24, 2.45) is 5.14 Å². The highest BCUT2D eigenvalue weighted by Gasteiger charge is 2.36. The Labute approximate surface area is 174 Å². The number of rotatable bonds is 7. The minimum absolute atomic E-state index is 0.0196. The van der Waals surface area contributed by atoms with Crippen LogP contribution in [0.25, 0.3) is 0 Å². The summed E-state index contributed by atoms with van der Waals surface area (Å²) in [6, 6.07) is 9.13. The molecule has 2 aromatic rings. The molecule has 0 aliphatic rings. The summed E-state index contributed by atoms with van der Waals surface area (Å²) in [5.74, 6) is 0. The van der Waals surface area contributed by atoms with Crippen LogP contribution in [0.3, 0.4) is 0 Å². The predicted molar refractivity (Wildman–Crippen MR) is 108 cm³/mol. The highest BCUT2D eigenvalue weighted by atomic mass is 35.5. The number of hydrogen-bond acceptors (Lipinski definition) is 4. The van der Waals surface area contributed by atoms with E-state index in [1.807, 2.05) is 0 Å². The Hall–Kier alpha value is -0.900. The zero-order chi connectivity index (χ0) is 21.1. The summed E-state index contributed by atoms with van der Waals surface area (Å²) in [5, 5.41) is 15.0. The molecule has 1 unspecified atom stereocenters. The highest BCUT2D eigenvalue weighted by Crippen LogP contribution is 2.44. The smallest absolute Gasteiger partial charge is 0.417 e. The third-order valence-corrected chi connectivity index (χ3v) is 7.15. The lowest BCUT2D eigenvalue weighted by molar-refractivity contribution is -0.139. The molecule has 0 fully saturated rings. The number of aliphatic hydroxyl groups excluding tert-OH is 1. The van der Waals surface area contributed by atoms with Gasteiger partial charge in [0.15, 0.2) is 0 Å². The summed E-state index contributed by atoms with van der Waals surface area (Å²) in [6.07, 6.45) is -4.05. The average molecular weight is 452 g/mol.